The molecule has 7 nitrogen and oxygen atoms in total. The quantitative estimate of drug-likeness (QED) is 0.690. The molecule has 1 aliphatic heterocycles. The highest BCUT2D eigenvalue weighted by Gasteiger charge is 2.29. The molecule has 2 aliphatic rings. The van der Waals surface area contributed by atoms with Gasteiger partial charge in [0.1, 0.15) is 5.82 Å². The van der Waals surface area contributed by atoms with Crippen LogP contribution >= 0.6 is 11.3 Å². The fourth-order valence-electron chi connectivity index (χ4n) is 4.05. The van der Waals surface area contributed by atoms with Gasteiger partial charge in [0.05, 0.1) is 0 Å². The summed E-state index contributed by atoms with van der Waals surface area (Å²) in [5.41, 5.74) is 8.71. The molecule has 0 saturated carbocycles. The van der Waals surface area contributed by atoms with E-state index in [1.165, 1.54) is 29.8 Å². The van der Waals surface area contributed by atoms with Crippen LogP contribution in [0.25, 0.3) is 16.5 Å². The van der Waals surface area contributed by atoms with Crippen molar-refractivity contribution in [3.05, 3.63) is 40.9 Å². The molecule has 3 aromatic heterocycles. The number of nitrogens with two attached hydrogens (primary N) is 1. The smallest absolute Gasteiger partial charge is 0.254 e. The summed E-state index contributed by atoms with van der Waals surface area (Å²) < 4.78 is 1.56. The van der Waals surface area contributed by atoms with E-state index in [1.54, 1.807) is 22.8 Å². The number of thiazole rings is 1. The van der Waals surface area contributed by atoms with E-state index in [1.807, 2.05) is 10.3 Å². The topological polar surface area (TPSA) is 89.4 Å². The highest BCUT2D eigenvalue weighted by Crippen LogP contribution is 2.32. The third kappa shape index (κ3) is 2.90. The Hall–Kier alpha value is -2.74. The minimum atomic E-state index is 0.00734. The fourth-order valence-corrected chi connectivity index (χ4v) is 4.62. The zero-order valence-corrected chi connectivity index (χ0v) is 15.7. The lowest BCUT2D eigenvalue weighted by Gasteiger charge is -2.36. The van der Waals surface area contributed by atoms with Crippen LogP contribution in [0.1, 0.15) is 36.0 Å². The highest BCUT2D eigenvalue weighted by atomic mass is 32.1. The minimum absolute atomic E-state index is 0.00734. The van der Waals surface area contributed by atoms with Gasteiger partial charge in [-0.3, -0.25) is 4.79 Å². The van der Waals surface area contributed by atoms with E-state index < -0.39 is 0 Å². The second-order valence-corrected chi connectivity index (χ2v) is 8.03. The molecule has 5 rings (SSSR count). The van der Waals surface area contributed by atoms with Gasteiger partial charge in [0.2, 0.25) is 5.82 Å². The molecule has 1 amide bonds. The molecule has 4 heterocycles. The van der Waals surface area contributed by atoms with Gasteiger partial charge in [-0.2, -0.15) is 4.52 Å². The Kier molecular flexibility index (Phi) is 3.93. The van der Waals surface area contributed by atoms with Gasteiger partial charge in [0.15, 0.2) is 10.7 Å². The maximum Gasteiger partial charge on any atom is 0.254 e. The summed E-state index contributed by atoms with van der Waals surface area (Å²) in [5.74, 6) is 1.59. The lowest BCUT2D eigenvalue weighted by atomic mass is 9.82. The van der Waals surface area contributed by atoms with E-state index in [2.05, 4.69) is 21.1 Å². The molecule has 1 saturated heterocycles. The van der Waals surface area contributed by atoms with Crippen molar-refractivity contribution < 1.29 is 4.79 Å². The van der Waals surface area contributed by atoms with Gasteiger partial charge < -0.3 is 10.6 Å². The van der Waals surface area contributed by atoms with E-state index in [-0.39, 0.29) is 5.91 Å². The zero-order valence-electron chi connectivity index (χ0n) is 14.8. The van der Waals surface area contributed by atoms with Crippen molar-refractivity contribution in [3.63, 3.8) is 0 Å². The van der Waals surface area contributed by atoms with E-state index in [4.69, 9.17) is 5.73 Å². The second-order valence-electron chi connectivity index (χ2n) is 7.13. The fraction of sp³-hybridized carbons (Fsp3) is 0.368. The Morgan fingerprint density at radius 1 is 1.30 bits per heavy atom. The van der Waals surface area contributed by atoms with Crippen molar-refractivity contribution in [2.24, 2.45) is 5.92 Å². The molecule has 8 heteroatoms. The third-order valence-corrected chi connectivity index (χ3v) is 6.20. The van der Waals surface area contributed by atoms with Crippen LogP contribution in [0.2, 0.25) is 0 Å². The molecular formula is C19H20N6OS. The molecule has 1 aliphatic carbocycles. The molecule has 27 heavy (non-hydrogen) atoms. The zero-order chi connectivity index (χ0) is 18.4. The number of fused-ring (bicyclic) bond motifs is 2. The van der Waals surface area contributed by atoms with Crippen molar-refractivity contribution in [3.8, 4) is 10.8 Å². The predicted octanol–water partition coefficient (Wildman–Crippen LogP) is 3.01. The first kappa shape index (κ1) is 16.4. The van der Waals surface area contributed by atoms with E-state index in [0.717, 1.165) is 30.9 Å². The van der Waals surface area contributed by atoms with Crippen molar-refractivity contribution in [2.75, 3.05) is 18.8 Å². The van der Waals surface area contributed by atoms with Crippen LogP contribution in [0.15, 0.2) is 35.4 Å². The summed E-state index contributed by atoms with van der Waals surface area (Å²) in [7, 11) is 0. The summed E-state index contributed by atoms with van der Waals surface area (Å²) in [6.07, 6.45) is 8.74. The lowest BCUT2D eigenvalue weighted by Crippen LogP contribution is -2.40. The van der Waals surface area contributed by atoms with E-state index >= 15 is 0 Å². The first-order valence-electron chi connectivity index (χ1n) is 9.23. The molecule has 3 aromatic rings. The Morgan fingerprint density at radius 3 is 3.07 bits per heavy atom. The summed E-state index contributed by atoms with van der Waals surface area (Å²) in [5, 5.41) is 7.03. The van der Waals surface area contributed by atoms with Crippen LogP contribution in [0.4, 0.5) is 5.82 Å². The minimum Gasteiger partial charge on any atom is -0.384 e. The number of hydrogen-bond acceptors (Lipinski definition) is 6. The number of likely N-dealkylation sites (tertiary alicyclic amines) is 1. The largest absolute Gasteiger partial charge is 0.384 e. The average Bonchev–Trinajstić information content (AvgIpc) is 3.36. The van der Waals surface area contributed by atoms with Gasteiger partial charge in [-0.1, -0.05) is 11.6 Å². The van der Waals surface area contributed by atoms with Crippen molar-refractivity contribution in [2.45, 2.75) is 25.7 Å². The number of pyridine rings is 1. The first-order valence-corrected chi connectivity index (χ1v) is 10.1. The molecule has 0 aromatic carbocycles. The summed E-state index contributed by atoms with van der Waals surface area (Å²) in [6.45, 7) is 1.52. The van der Waals surface area contributed by atoms with Gasteiger partial charge in [0.25, 0.3) is 5.91 Å². The van der Waals surface area contributed by atoms with E-state index in [0.29, 0.717) is 28.8 Å². The number of carbonyl (C=O) groups is 1. The molecular weight excluding hydrogens is 360 g/mol. The number of aromatic nitrogens is 4. The van der Waals surface area contributed by atoms with E-state index in [9.17, 15) is 4.79 Å². The lowest BCUT2D eigenvalue weighted by molar-refractivity contribution is 0.0730. The molecule has 138 valence electrons. The number of nitrogens with zero attached hydrogens (tertiary/aromatic N) is 5. The SMILES string of the molecule is Nc1cc(C(=O)N2CCC3CCCC=C3C2)cc2nc(-c3nccs3)nn12. The number of piperidine rings is 1. The number of anilines is 1. The number of amides is 1. The summed E-state index contributed by atoms with van der Waals surface area (Å²) >= 11 is 1.47. The molecule has 0 bridgehead atoms. The number of hydrogen-bond donors (Lipinski definition) is 1. The van der Waals surface area contributed by atoms with Crippen molar-refractivity contribution in [1.29, 1.82) is 0 Å². The Bertz CT molecular complexity index is 1040. The molecule has 0 radical (unpaired) electrons. The van der Waals surface area contributed by atoms with Crippen molar-refractivity contribution >= 4 is 28.7 Å². The molecule has 0 spiro atoms. The summed E-state index contributed by atoms with van der Waals surface area (Å²) in [4.78, 5) is 23.8. The van der Waals surface area contributed by atoms with Crippen LogP contribution in [0, 0.1) is 5.92 Å². The maximum atomic E-state index is 13.1. The second kappa shape index (κ2) is 6.45. The van der Waals surface area contributed by atoms with Crippen LogP contribution in [-0.4, -0.2) is 43.5 Å². The van der Waals surface area contributed by atoms with Gasteiger partial charge in [-0.15, -0.1) is 16.4 Å². The van der Waals surface area contributed by atoms with Gasteiger partial charge >= 0.3 is 0 Å². The van der Waals surface area contributed by atoms with Crippen LogP contribution in [0.5, 0.6) is 0 Å². The van der Waals surface area contributed by atoms with Crippen LogP contribution < -0.4 is 5.73 Å². The third-order valence-electron chi connectivity index (χ3n) is 5.43. The number of nitrogen functional groups attached to an aromatic ring is 1. The molecule has 1 atom stereocenters. The van der Waals surface area contributed by atoms with Crippen LogP contribution in [0.3, 0.4) is 0 Å². The Balaban J connectivity index is 1.46. The Labute approximate surface area is 160 Å². The number of carbonyl (C=O) groups excluding carboxylic acids is 1. The predicted molar refractivity (Wildman–Crippen MR) is 104 cm³/mol. The highest BCUT2D eigenvalue weighted by molar-refractivity contribution is 7.13. The molecule has 2 N–H and O–H groups in total. The van der Waals surface area contributed by atoms with Crippen molar-refractivity contribution in [1.82, 2.24) is 24.5 Å². The van der Waals surface area contributed by atoms with Crippen LogP contribution in [-0.2, 0) is 0 Å². The van der Waals surface area contributed by atoms with Gasteiger partial charge in [-0.25, -0.2) is 9.97 Å². The summed E-state index contributed by atoms with van der Waals surface area (Å²) in [6, 6.07) is 3.46. The first-order chi connectivity index (χ1) is 13.2. The molecule has 1 unspecified atom stereocenters. The van der Waals surface area contributed by atoms with Gasteiger partial charge in [-0.05, 0) is 43.7 Å². The maximum absolute atomic E-state index is 13.1. The standard InChI is InChI=1S/C19H20N6OS/c20-15-9-14(10-16-22-17(23-25(15)16)18-21-6-8-27-18)19(26)24-7-5-12-3-1-2-4-13(12)11-24/h4,6,8-10,12H,1-3,5,7,11,20H2. The number of allylic oxidation sites excluding steroid dienone is 1. The Morgan fingerprint density at radius 2 is 2.22 bits per heavy atom. The normalized spacial score (nSPS) is 19.8. The number of rotatable bonds is 2. The molecule has 1 fully saturated rings. The average molecular weight is 380 g/mol. The monoisotopic (exact) mass is 380 g/mol. The van der Waals surface area contributed by atoms with Gasteiger partial charge in [0, 0.05) is 30.2 Å².